The molecular formula is C14H14N4O. The van der Waals surface area contributed by atoms with Gasteiger partial charge in [0.05, 0.1) is 6.26 Å². The van der Waals surface area contributed by atoms with Crippen LogP contribution in [0.2, 0.25) is 0 Å². The number of nitrogens with zero attached hydrogens (tertiary/aromatic N) is 4. The van der Waals surface area contributed by atoms with Crippen LogP contribution in [0.25, 0.3) is 11.6 Å². The minimum atomic E-state index is 0.496. The molecule has 2 aromatic heterocycles. The maximum atomic E-state index is 9.33. The molecule has 0 aliphatic carbocycles. The van der Waals surface area contributed by atoms with E-state index >= 15 is 0 Å². The van der Waals surface area contributed by atoms with Crippen LogP contribution in [0, 0.1) is 11.3 Å². The number of fused-ring (bicyclic) bond motifs is 1. The van der Waals surface area contributed by atoms with Crippen LogP contribution in [-0.4, -0.2) is 14.8 Å². The fraction of sp³-hybridized carbons (Fsp3) is 0.357. The molecule has 0 bridgehead atoms. The Morgan fingerprint density at radius 3 is 3.11 bits per heavy atom. The number of hydrogen-bond donors (Lipinski definition) is 0. The molecular weight excluding hydrogens is 240 g/mol. The first-order valence-corrected chi connectivity index (χ1v) is 6.46. The van der Waals surface area contributed by atoms with Crippen LogP contribution in [0.4, 0.5) is 0 Å². The van der Waals surface area contributed by atoms with Crippen molar-refractivity contribution in [1.82, 2.24) is 14.8 Å². The van der Waals surface area contributed by atoms with E-state index in [-0.39, 0.29) is 0 Å². The molecule has 3 rings (SSSR count). The zero-order chi connectivity index (χ0) is 13.1. The summed E-state index contributed by atoms with van der Waals surface area (Å²) < 4.78 is 7.31. The summed E-state index contributed by atoms with van der Waals surface area (Å²) in [6.07, 6.45) is 7.69. The van der Waals surface area contributed by atoms with Gasteiger partial charge in [-0.15, -0.1) is 10.2 Å². The van der Waals surface area contributed by atoms with Crippen molar-refractivity contribution in [2.24, 2.45) is 0 Å². The lowest BCUT2D eigenvalue weighted by Gasteiger charge is -2.05. The zero-order valence-corrected chi connectivity index (χ0v) is 10.5. The predicted molar refractivity (Wildman–Crippen MR) is 69.8 cm³/mol. The normalized spacial score (nSPS) is 15.6. The Morgan fingerprint density at radius 1 is 1.37 bits per heavy atom. The molecule has 2 aromatic rings. The summed E-state index contributed by atoms with van der Waals surface area (Å²) in [5, 5.41) is 17.7. The molecule has 0 saturated carbocycles. The third-order valence-corrected chi connectivity index (χ3v) is 3.30. The molecule has 1 aliphatic heterocycles. The van der Waals surface area contributed by atoms with E-state index < -0.39 is 0 Å². The van der Waals surface area contributed by atoms with Crippen molar-refractivity contribution in [3.05, 3.63) is 35.8 Å². The van der Waals surface area contributed by atoms with Crippen molar-refractivity contribution in [1.29, 1.82) is 5.26 Å². The highest BCUT2D eigenvalue weighted by molar-refractivity contribution is 5.86. The Hall–Kier alpha value is -2.35. The SMILES string of the molecule is N#CC(=Cc1ccco1)c1nnc2n1CCCCC2. The Kier molecular flexibility index (Phi) is 3.15. The summed E-state index contributed by atoms with van der Waals surface area (Å²) in [6, 6.07) is 5.80. The molecule has 1 aliphatic rings. The van der Waals surface area contributed by atoms with Crippen molar-refractivity contribution < 1.29 is 4.42 Å². The van der Waals surface area contributed by atoms with Crippen LogP contribution in [0.3, 0.4) is 0 Å². The van der Waals surface area contributed by atoms with Crippen molar-refractivity contribution in [2.45, 2.75) is 32.2 Å². The summed E-state index contributed by atoms with van der Waals surface area (Å²) in [4.78, 5) is 0. The van der Waals surface area contributed by atoms with Gasteiger partial charge >= 0.3 is 0 Å². The van der Waals surface area contributed by atoms with Gasteiger partial charge in [0.2, 0.25) is 0 Å². The van der Waals surface area contributed by atoms with Gasteiger partial charge in [0.15, 0.2) is 5.82 Å². The van der Waals surface area contributed by atoms with E-state index in [4.69, 9.17) is 4.42 Å². The second kappa shape index (κ2) is 5.11. The number of aryl methyl sites for hydroxylation is 1. The van der Waals surface area contributed by atoms with Crippen molar-refractivity contribution >= 4 is 11.6 Å². The number of nitriles is 1. The fourth-order valence-corrected chi connectivity index (χ4v) is 2.35. The van der Waals surface area contributed by atoms with Crippen LogP contribution < -0.4 is 0 Å². The average Bonchev–Trinajstić information content (AvgIpc) is 3.01. The molecule has 5 nitrogen and oxygen atoms in total. The first-order valence-electron chi connectivity index (χ1n) is 6.46. The first kappa shape index (κ1) is 11.7. The summed E-state index contributed by atoms with van der Waals surface area (Å²) >= 11 is 0. The Bertz CT molecular complexity index is 631. The zero-order valence-electron chi connectivity index (χ0n) is 10.5. The lowest BCUT2D eigenvalue weighted by molar-refractivity contribution is 0.557. The van der Waals surface area contributed by atoms with E-state index in [1.54, 1.807) is 18.4 Å². The number of allylic oxidation sites excluding steroid dienone is 1. The Morgan fingerprint density at radius 2 is 2.32 bits per heavy atom. The van der Waals surface area contributed by atoms with E-state index in [0.717, 1.165) is 31.6 Å². The highest BCUT2D eigenvalue weighted by Crippen LogP contribution is 2.21. The minimum absolute atomic E-state index is 0.496. The van der Waals surface area contributed by atoms with E-state index in [0.29, 0.717) is 17.2 Å². The molecule has 0 spiro atoms. The van der Waals surface area contributed by atoms with Gasteiger partial charge < -0.3 is 8.98 Å². The van der Waals surface area contributed by atoms with Gasteiger partial charge in [0.25, 0.3) is 0 Å². The molecule has 0 fully saturated rings. The van der Waals surface area contributed by atoms with Crippen molar-refractivity contribution in [2.75, 3.05) is 0 Å². The summed E-state index contributed by atoms with van der Waals surface area (Å²) in [6.45, 7) is 0.884. The Labute approximate surface area is 111 Å². The van der Waals surface area contributed by atoms with Gasteiger partial charge in [-0.3, -0.25) is 0 Å². The van der Waals surface area contributed by atoms with Crippen LogP contribution in [0.5, 0.6) is 0 Å². The molecule has 0 atom stereocenters. The Balaban J connectivity index is 2.01. The van der Waals surface area contributed by atoms with Crippen LogP contribution in [0.15, 0.2) is 22.8 Å². The summed E-state index contributed by atoms with van der Waals surface area (Å²) in [5.41, 5.74) is 0.496. The topological polar surface area (TPSA) is 67.6 Å². The maximum Gasteiger partial charge on any atom is 0.174 e. The molecule has 19 heavy (non-hydrogen) atoms. The molecule has 96 valence electrons. The second-order valence-corrected chi connectivity index (χ2v) is 4.59. The molecule has 0 aromatic carbocycles. The highest BCUT2D eigenvalue weighted by atomic mass is 16.3. The van der Waals surface area contributed by atoms with E-state index in [1.807, 2.05) is 6.07 Å². The lowest BCUT2D eigenvalue weighted by atomic mass is 10.2. The smallest absolute Gasteiger partial charge is 0.174 e. The largest absolute Gasteiger partial charge is 0.465 e. The molecule has 0 saturated heterocycles. The number of rotatable bonds is 2. The van der Waals surface area contributed by atoms with Crippen molar-refractivity contribution in [3.63, 3.8) is 0 Å². The number of hydrogen-bond acceptors (Lipinski definition) is 4. The van der Waals surface area contributed by atoms with Crippen LogP contribution in [0.1, 0.15) is 36.7 Å². The van der Waals surface area contributed by atoms with Crippen LogP contribution in [-0.2, 0) is 13.0 Å². The van der Waals surface area contributed by atoms with Gasteiger partial charge in [-0.2, -0.15) is 5.26 Å². The molecule has 0 unspecified atom stereocenters. The van der Waals surface area contributed by atoms with Gasteiger partial charge in [-0.1, -0.05) is 6.42 Å². The van der Waals surface area contributed by atoms with Crippen molar-refractivity contribution in [3.8, 4) is 6.07 Å². The quantitative estimate of drug-likeness (QED) is 0.773. The number of furan rings is 1. The summed E-state index contributed by atoms with van der Waals surface area (Å²) in [5.74, 6) is 2.28. The summed E-state index contributed by atoms with van der Waals surface area (Å²) in [7, 11) is 0. The van der Waals surface area contributed by atoms with E-state index in [1.165, 1.54) is 6.42 Å². The molecule has 0 radical (unpaired) electrons. The number of aromatic nitrogens is 3. The fourth-order valence-electron chi connectivity index (χ4n) is 2.35. The maximum absolute atomic E-state index is 9.33. The molecule has 0 N–H and O–H groups in total. The van der Waals surface area contributed by atoms with E-state index in [9.17, 15) is 5.26 Å². The van der Waals surface area contributed by atoms with Crippen LogP contribution >= 0.6 is 0 Å². The average molecular weight is 254 g/mol. The standard InChI is InChI=1S/C14H14N4O/c15-10-11(9-12-5-4-8-19-12)14-17-16-13-6-2-1-3-7-18(13)14/h4-5,8-9H,1-3,6-7H2. The van der Waals surface area contributed by atoms with Gasteiger partial charge in [-0.25, -0.2) is 0 Å². The first-order chi connectivity index (χ1) is 9.38. The molecule has 5 heteroatoms. The van der Waals surface area contributed by atoms with Gasteiger partial charge in [0, 0.05) is 19.0 Å². The van der Waals surface area contributed by atoms with E-state index in [2.05, 4.69) is 20.8 Å². The van der Waals surface area contributed by atoms with Gasteiger partial charge in [-0.05, 0) is 25.0 Å². The molecule has 0 amide bonds. The van der Waals surface area contributed by atoms with Gasteiger partial charge in [0.1, 0.15) is 23.2 Å². The monoisotopic (exact) mass is 254 g/mol. The second-order valence-electron chi connectivity index (χ2n) is 4.59. The third kappa shape index (κ3) is 2.29. The highest BCUT2D eigenvalue weighted by Gasteiger charge is 2.17. The molecule has 3 heterocycles. The lowest BCUT2D eigenvalue weighted by Crippen LogP contribution is -2.05. The minimum Gasteiger partial charge on any atom is -0.465 e. The predicted octanol–water partition coefficient (Wildman–Crippen LogP) is 2.66. The third-order valence-electron chi connectivity index (χ3n) is 3.30.